The number of nitrogens with zero attached hydrogens (tertiary/aromatic N) is 2. The van der Waals surface area contributed by atoms with E-state index in [4.69, 9.17) is 4.42 Å². The van der Waals surface area contributed by atoms with E-state index in [-0.39, 0.29) is 23.1 Å². The average Bonchev–Trinajstić information content (AvgIpc) is 3.49. The molecule has 0 radical (unpaired) electrons. The Hall–Kier alpha value is -5.22. The van der Waals surface area contributed by atoms with Crippen LogP contribution in [-0.2, 0) is 16.2 Å². The first kappa shape index (κ1) is 33.6. The largest absolute Gasteiger partial charge is 0.455 e. The quantitative estimate of drug-likeness (QED) is 0.168. The summed E-state index contributed by atoms with van der Waals surface area (Å²) in [5.41, 5.74) is 18.2. The third-order valence-electron chi connectivity index (χ3n) is 11.6. The van der Waals surface area contributed by atoms with Gasteiger partial charge in [0.2, 0.25) is 0 Å². The summed E-state index contributed by atoms with van der Waals surface area (Å²) in [5, 5.41) is 2.30. The molecule has 0 bridgehead atoms. The molecular weight excluding hydrogens is 643 g/mol. The highest BCUT2D eigenvalue weighted by molar-refractivity contribution is 6.93. The van der Waals surface area contributed by atoms with Crippen molar-refractivity contribution in [3.8, 4) is 11.1 Å². The van der Waals surface area contributed by atoms with E-state index < -0.39 is 0 Å². The fraction of sp³-hybridized carbons (Fsp3) is 0.265. The number of furan rings is 1. The number of rotatable bonds is 2. The first-order chi connectivity index (χ1) is 25.1. The molecule has 0 aliphatic carbocycles. The van der Waals surface area contributed by atoms with E-state index >= 15 is 0 Å². The molecule has 0 amide bonds. The zero-order valence-electron chi connectivity index (χ0n) is 32.8. The fourth-order valence-corrected chi connectivity index (χ4v) is 8.63. The molecule has 0 spiro atoms. The molecule has 0 fully saturated rings. The lowest BCUT2D eigenvalue weighted by Crippen LogP contribution is -2.61. The lowest BCUT2D eigenvalue weighted by Gasteiger charge is -2.46. The Balaban J connectivity index is 1.40. The van der Waals surface area contributed by atoms with Crippen LogP contribution < -0.4 is 20.6 Å². The Kier molecular flexibility index (Phi) is 7.22. The van der Waals surface area contributed by atoms with E-state index in [9.17, 15) is 0 Å². The maximum absolute atomic E-state index is 6.87. The first-order valence-electron chi connectivity index (χ1n) is 19.1. The van der Waals surface area contributed by atoms with Gasteiger partial charge in [-0.3, -0.25) is 0 Å². The Labute approximate surface area is 315 Å². The zero-order chi connectivity index (χ0) is 37.2. The predicted octanol–water partition coefficient (Wildman–Crippen LogP) is 12.5. The Morgan fingerprint density at radius 3 is 1.75 bits per heavy atom. The summed E-state index contributed by atoms with van der Waals surface area (Å²) in [5.74, 6) is 0. The summed E-state index contributed by atoms with van der Waals surface area (Å²) in [6.07, 6.45) is 0. The molecule has 2 aliphatic heterocycles. The van der Waals surface area contributed by atoms with Crippen molar-refractivity contribution in [2.24, 2.45) is 0 Å². The predicted molar refractivity (Wildman–Crippen MR) is 228 cm³/mol. The second-order valence-corrected chi connectivity index (χ2v) is 18.4. The van der Waals surface area contributed by atoms with E-state index in [0.29, 0.717) is 0 Å². The Morgan fingerprint density at radius 1 is 0.528 bits per heavy atom. The van der Waals surface area contributed by atoms with Crippen molar-refractivity contribution in [3.63, 3.8) is 0 Å². The number of aryl methyl sites for hydroxylation is 1. The van der Waals surface area contributed by atoms with Crippen molar-refractivity contribution < 1.29 is 4.42 Å². The summed E-state index contributed by atoms with van der Waals surface area (Å²) >= 11 is 0. The van der Waals surface area contributed by atoms with Gasteiger partial charge in [0.25, 0.3) is 0 Å². The molecule has 53 heavy (non-hydrogen) atoms. The molecule has 0 saturated carbocycles. The van der Waals surface area contributed by atoms with E-state index in [0.717, 1.165) is 27.5 Å². The zero-order valence-corrected chi connectivity index (χ0v) is 32.8. The van der Waals surface area contributed by atoms with Crippen LogP contribution in [0.5, 0.6) is 0 Å². The van der Waals surface area contributed by atoms with Gasteiger partial charge < -0.3 is 14.1 Å². The molecule has 2 aliphatic rings. The van der Waals surface area contributed by atoms with Gasteiger partial charge in [0, 0.05) is 44.8 Å². The van der Waals surface area contributed by atoms with Crippen molar-refractivity contribution in [1.82, 2.24) is 0 Å². The van der Waals surface area contributed by atoms with Crippen LogP contribution in [0.25, 0.3) is 33.1 Å². The van der Waals surface area contributed by atoms with Crippen LogP contribution in [0.15, 0.2) is 120 Å². The van der Waals surface area contributed by atoms with Crippen LogP contribution >= 0.6 is 0 Å². The second kappa shape index (κ2) is 11.4. The molecule has 1 aromatic heterocycles. The smallest absolute Gasteiger partial charge is 0.333 e. The number of hydrogen-bond donors (Lipinski definition) is 0. The van der Waals surface area contributed by atoms with Crippen molar-refractivity contribution in [2.45, 2.75) is 85.5 Å². The minimum Gasteiger partial charge on any atom is -0.455 e. The topological polar surface area (TPSA) is 19.6 Å². The number of fused-ring (bicyclic) bond motifs is 8. The molecule has 0 N–H and O–H groups in total. The maximum Gasteiger partial charge on any atom is 0.333 e. The third kappa shape index (κ3) is 5.24. The van der Waals surface area contributed by atoms with Gasteiger partial charge in [-0.05, 0) is 117 Å². The Morgan fingerprint density at radius 2 is 1.11 bits per heavy atom. The fourth-order valence-electron chi connectivity index (χ4n) is 8.63. The van der Waals surface area contributed by atoms with E-state index in [2.05, 4.69) is 194 Å². The van der Waals surface area contributed by atoms with Crippen molar-refractivity contribution in [2.75, 3.05) is 9.71 Å². The van der Waals surface area contributed by atoms with Crippen LogP contribution in [0, 0.1) is 6.92 Å². The molecule has 6 aromatic carbocycles. The van der Waals surface area contributed by atoms with Gasteiger partial charge in [-0.15, -0.1) is 0 Å². The van der Waals surface area contributed by atoms with Crippen LogP contribution in [0.2, 0.25) is 0 Å². The van der Waals surface area contributed by atoms with Gasteiger partial charge >= 0.3 is 6.85 Å². The Bertz CT molecular complexity index is 2570. The van der Waals surface area contributed by atoms with Crippen molar-refractivity contribution >= 4 is 68.1 Å². The standard InChI is InChI=1S/C49H49BN2O/c1-30-27-38-44-41(26-24-37-36-13-11-12-14-43(36)53-46(37)44)52(35-22-17-32(18-23-35)48(5,6)7)50-39-29-33(49(8,9)10)19-25-40(39)51(42(28-30)45(38)50)34-20-15-31(16-21-34)47(2,3)4/h11-29H,1-10H3. The first-order valence-corrected chi connectivity index (χ1v) is 19.1. The molecule has 0 unspecified atom stereocenters. The van der Waals surface area contributed by atoms with Crippen molar-refractivity contribution in [1.29, 1.82) is 0 Å². The van der Waals surface area contributed by atoms with Gasteiger partial charge in [-0.25, -0.2) is 0 Å². The lowest BCUT2D eigenvalue weighted by atomic mass is 9.43. The minimum absolute atomic E-state index is 0.0171. The van der Waals surface area contributed by atoms with Gasteiger partial charge in [-0.1, -0.05) is 123 Å². The molecule has 3 nitrogen and oxygen atoms in total. The summed E-state index contributed by atoms with van der Waals surface area (Å²) in [7, 11) is 0. The normalized spacial score (nSPS) is 14.1. The SMILES string of the molecule is Cc1cc2c3c(c1)N(c1ccc(C(C)(C)C)cc1)c1ccc(C(C)(C)C)cc1B3N(c1ccc(C(C)(C)C)cc1)c1ccc3c(oc4ccccc43)c1-2. The molecule has 0 atom stereocenters. The van der Waals surface area contributed by atoms with E-state index in [1.165, 1.54) is 67.2 Å². The van der Waals surface area contributed by atoms with E-state index in [1.807, 2.05) is 0 Å². The number of para-hydroxylation sites is 1. The molecule has 0 saturated heterocycles. The van der Waals surface area contributed by atoms with Gasteiger partial charge in [-0.2, -0.15) is 0 Å². The van der Waals surface area contributed by atoms with Crippen LogP contribution in [0.4, 0.5) is 28.4 Å². The molecule has 7 aromatic rings. The molecule has 264 valence electrons. The monoisotopic (exact) mass is 692 g/mol. The molecule has 9 rings (SSSR count). The summed E-state index contributed by atoms with van der Waals surface area (Å²) in [4.78, 5) is 5.11. The molecule has 3 heterocycles. The highest BCUT2D eigenvalue weighted by Gasteiger charge is 2.46. The third-order valence-corrected chi connectivity index (χ3v) is 11.6. The van der Waals surface area contributed by atoms with Gasteiger partial charge in [0.1, 0.15) is 11.2 Å². The second-order valence-electron chi connectivity index (χ2n) is 18.4. The average molecular weight is 693 g/mol. The molecular formula is C49H49BN2O. The van der Waals surface area contributed by atoms with Crippen molar-refractivity contribution in [3.05, 3.63) is 138 Å². The number of anilines is 5. The number of benzene rings is 6. The lowest BCUT2D eigenvalue weighted by molar-refractivity contribution is 0.590. The number of hydrogen-bond acceptors (Lipinski definition) is 3. The molecule has 4 heteroatoms. The van der Waals surface area contributed by atoms with E-state index in [1.54, 1.807) is 0 Å². The minimum atomic E-state index is -0.0576. The van der Waals surface area contributed by atoms with Gasteiger partial charge in [0.05, 0.1) is 0 Å². The highest BCUT2D eigenvalue weighted by atomic mass is 16.3. The van der Waals surface area contributed by atoms with Crippen LogP contribution in [0.1, 0.15) is 84.6 Å². The van der Waals surface area contributed by atoms with Crippen LogP contribution in [0.3, 0.4) is 0 Å². The summed E-state index contributed by atoms with van der Waals surface area (Å²) in [6.45, 7) is 22.9. The highest BCUT2D eigenvalue weighted by Crippen LogP contribution is 2.50. The van der Waals surface area contributed by atoms with Gasteiger partial charge in [0.15, 0.2) is 0 Å². The summed E-state index contributed by atoms with van der Waals surface area (Å²) in [6, 6.07) is 43.6. The summed E-state index contributed by atoms with van der Waals surface area (Å²) < 4.78 is 6.87. The maximum atomic E-state index is 6.87. The van der Waals surface area contributed by atoms with Crippen LogP contribution in [-0.4, -0.2) is 6.85 Å².